The van der Waals surface area contributed by atoms with E-state index in [1.807, 2.05) is 6.20 Å². The molecule has 3 aromatic rings. The van der Waals surface area contributed by atoms with Gasteiger partial charge in [-0.15, -0.1) is 11.8 Å². The van der Waals surface area contributed by atoms with Gasteiger partial charge in [0.05, 0.1) is 7.11 Å². The van der Waals surface area contributed by atoms with Crippen LogP contribution in [0.25, 0.3) is 16.9 Å². The maximum atomic E-state index is 5.87. The van der Waals surface area contributed by atoms with Gasteiger partial charge in [-0.3, -0.25) is 9.38 Å². The van der Waals surface area contributed by atoms with E-state index >= 15 is 0 Å². The number of imidazole rings is 1. The zero-order chi connectivity index (χ0) is 21.8. The molecular formula is C25H31N5OS. The van der Waals surface area contributed by atoms with E-state index < -0.39 is 0 Å². The lowest BCUT2D eigenvalue weighted by atomic mass is 10.1. The fourth-order valence-corrected chi connectivity index (χ4v) is 5.67. The molecular weight excluding hydrogens is 418 g/mol. The molecule has 2 saturated carbocycles. The van der Waals surface area contributed by atoms with Gasteiger partial charge in [-0.25, -0.2) is 4.98 Å². The number of aryl methyl sites for hydroxylation is 1. The van der Waals surface area contributed by atoms with Crippen LogP contribution in [0, 0.1) is 6.92 Å². The van der Waals surface area contributed by atoms with Crippen molar-refractivity contribution < 1.29 is 4.74 Å². The third-order valence-electron chi connectivity index (χ3n) is 7.00. The van der Waals surface area contributed by atoms with Crippen LogP contribution in [0.3, 0.4) is 0 Å². The first-order valence-electron chi connectivity index (χ1n) is 11.8. The van der Waals surface area contributed by atoms with Crippen LogP contribution in [0.2, 0.25) is 0 Å². The van der Waals surface area contributed by atoms with Gasteiger partial charge >= 0.3 is 0 Å². The van der Waals surface area contributed by atoms with Gasteiger partial charge in [0.15, 0.2) is 5.65 Å². The molecule has 0 spiro atoms. The molecule has 6 nitrogen and oxygen atoms in total. The Morgan fingerprint density at radius 1 is 1.09 bits per heavy atom. The highest BCUT2D eigenvalue weighted by Gasteiger charge is 2.42. The molecule has 0 amide bonds. The van der Waals surface area contributed by atoms with Gasteiger partial charge in [-0.05, 0) is 63.8 Å². The highest BCUT2D eigenvalue weighted by Crippen LogP contribution is 2.46. The third kappa shape index (κ3) is 3.33. The molecule has 0 bridgehead atoms. The van der Waals surface area contributed by atoms with E-state index in [9.17, 15) is 0 Å². The summed E-state index contributed by atoms with van der Waals surface area (Å²) in [6.07, 6.45) is 11.8. The number of thioether (sulfide) groups is 1. The van der Waals surface area contributed by atoms with Crippen molar-refractivity contribution >= 4 is 28.9 Å². The number of fused-ring (bicyclic) bond motifs is 1. The predicted molar refractivity (Wildman–Crippen MR) is 131 cm³/mol. The molecule has 1 aliphatic heterocycles. The molecule has 168 valence electrons. The number of nitrogens with zero attached hydrogens (tertiary/aromatic N) is 5. The number of anilines is 2. The first-order valence-corrected chi connectivity index (χ1v) is 13.1. The summed E-state index contributed by atoms with van der Waals surface area (Å²) in [5, 5.41) is 1.11. The van der Waals surface area contributed by atoms with Crippen molar-refractivity contribution in [3.05, 3.63) is 30.1 Å². The van der Waals surface area contributed by atoms with E-state index in [0.717, 1.165) is 46.5 Å². The minimum atomic E-state index is 0.665. The van der Waals surface area contributed by atoms with Crippen molar-refractivity contribution in [1.82, 2.24) is 14.4 Å². The molecule has 3 fully saturated rings. The van der Waals surface area contributed by atoms with Crippen LogP contribution in [0.15, 0.2) is 29.4 Å². The number of hydrogen-bond donors (Lipinski definition) is 0. The van der Waals surface area contributed by atoms with Crippen LogP contribution >= 0.6 is 11.8 Å². The fraction of sp³-hybridized carbons (Fsp3) is 0.520. The normalized spacial score (nSPS) is 18.5. The Balaban J connectivity index is 1.51. The van der Waals surface area contributed by atoms with Gasteiger partial charge in [0.2, 0.25) is 0 Å². The van der Waals surface area contributed by atoms with Crippen LogP contribution in [0.4, 0.5) is 11.5 Å². The summed E-state index contributed by atoms with van der Waals surface area (Å²) in [5.74, 6) is 2.13. The minimum absolute atomic E-state index is 0.665. The highest BCUT2D eigenvalue weighted by atomic mass is 32.2. The molecule has 2 aromatic heterocycles. The van der Waals surface area contributed by atoms with Gasteiger partial charge in [-0.2, -0.15) is 0 Å². The second-order valence-corrected chi connectivity index (χ2v) is 10.1. The summed E-state index contributed by atoms with van der Waals surface area (Å²) >= 11 is 1.74. The van der Waals surface area contributed by atoms with Crippen molar-refractivity contribution in [3.8, 4) is 17.0 Å². The molecule has 3 heterocycles. The largest absolute Gasteiger partial charge is 0.496 e. The Hall–Kier alpha value is -2.41. The summed E-state index contributed by atoms with van der Waals surface area (Å²) in [7, 11) is 1.75. The average Bonchev–Trinajstić information content (AvgIpc) is 3.74. The second kappa shape index (κ2) is 7.87. The zero-order valence-electron chi connectivity index (χ0n) is 19.2. The van der Waals surface area contributed by atoms with E-state index in [1.54, 1.807) is 18.9 Å². The summed E-state index contributed by atoms with van der Waals surface area (Å²) in [5.41, 5.74) is 5.20. The highest BCUT2D eigenvalue weighted by molar-refractivity contribution is 7.98. The first kappa shape index (κ1) is 20.2. The maximum absolute atomic E-state index is 5.87. The van der Waals surface area contributed by atoms with Crippen LogP contribution < -0.4 is 14.5 Å². The smallest absolute Gasteiger partial charge is 0.166 e. The van der Waals surface area contributed by atoms with Gasteiger partial charge < -0.3 is 14.5 Å². The second-order valence-electron chi connectivity index (χ2n) is 9.30. The lowest BCUT2D eigenvalue weighted by Gasteiger charge is -2.25. The van der Waals surface area contributed by atoms with Crippen LogP contribution in [-0.2, 0) is 0 Å². The fourth-order valence-electron chi connectivity index (χ4n) is 5.11. The molecule has 0 N–H and O–H groups in total. The third-order valence-corrected chi connectivity index (χ3v) is 7.66. The van der Waals surface area contributed by atoms with Crippen LogP contribution in [0.1, 0.15) is 44.2 Å². The number of rotatable bonds is 7. The molecule has 1 aromatic carbocycles. The Morgan fingerprint density at radius 3 is 2.44 bits per heavy atom. The number of hydrogen-bond acceptors (Lipinski definition) is 6. The van der Waals surface area contributed by atoms with Gasteiger partial charge in [0.25, 0.3) is 0 Å². The quantitative estimate of drug-likeness (QED) is 0.464. The maximum Gasteiger partial charge on any atom is 0.166 e. The summed E-state index contributed by atoms with van der Waals surface area (Å²) in [4.78, 5) is 15.1. The monoisotopic (exact) mass is 449 g/mol. The molecule has 0 atom stereocenters. The Kier molecular flexibility index (Phi) is 4.97. The van der Waals surface area contributed by atoms with Gasteiger partial charge in [0.1, 0.15) is 22.3 Å². The lowest BCUT2D eigenvalue weighted by Crippen LogP contribution is -2.30. The molecule has 0 unspecified atom stereocenters. The molecule has 3 aliphatic rings. The van der Waals surface area contributed by atoms with E-state index in [2.05, 4.69) is 45.6 Å². The molecule has 6 rings (SSSR count). The van der Waals surface area contributed by atoms with E-state index in [0.29, 0.717) is 12.1 Å². The summed E-state index contributed by atoms with van der Waals surface area (Å²) in [6.45, 7) is 4.38. The van der Waals surface area contributed by atoms with Crippen molar-refractivity contribution in [3.63, 3.8) is 0 Å². The minimum Gasteiger partial charge on any atom is -0.496 e. The van der Waals surface area contributed by atoms with E-state index in [1.165, 1.54) is 50.0 Å². The average molecular weight is 450 g/mol. The number of benzene rings is 1. The number of methoxy groups -OCH3 is 1. The van der Waals surface area contributed by atoms with Crippen LogP contribution in [0.5, 0.6) is 5.75 Å². The first-order chi connectivity index (χ1) is 15.7. The van der Waals surface area contributed by atoms with Crippen molar-refractivity contribution in [2.24, 2.45) is 0 Å². The Labute approximate surface area is 194 Å². The lowest BCUT2D eigenvalue weighted by molar-refractivity contribution is 0.416. The Morgan fingerprint density at radius 2 is 1.81 bits per heavy atom. The standard InChI is InChI=1S/C25H31N5OS/c1-16-15-26-22(20-11-10-19(14-21(20)31-2)28-12-4-5-13-28)23-27-24(32-3)25(29(16)23)30(17-6-7-17)18-8-9-18/h10-11,14-15,17-18H,4-9,12-13H2,1-3H3. The van der Waals surface area contributed by atoms with Gasteiger partial charge in [0, 0.05) is 54.4 Å². The molecule has 0 radical (unpaired) electrons. The number of aromatic nitrogens is 3. The molecule has 2 aliphatic carbocycles. The van der Waals surface area contributed by atoms with E-state index in [4.69, 9.17) is 14.7 Å². The van der Waals surface area contributed by atoms with Crippen molar-refractivity contribution in [1.29, 1.82) is 0 Å². The van der Waals surface area contributed by atoms with Gasteiger partial charge in [-0.1, -0.05) is 0 Å². The predicted octanol–water partition coefficient (Wildman–Crippen LogP) is 5.17. The summed E-state index contributed by atoms with van der Waals surface area (Å²) in [6, 6.07) is 7.87. The van der Waals surface area contributed by atoms with E-state index in [-0.39, 0.29) is 0 Å². The molecule has 32 heavy (non-hydrogen) atoms. The van der Waals surface area contributed by atoms with Crippen molar-refractivity contribution in [2.75, 3.05) is 36.3 Å². The summed E-state index contributed by atoms with van der Waals surface area (Å²) < 4.78 is 8.21. The number of ether oxygens (including phenoxy) is 1. The molecule has 7 heteroatoms. The topological polar surface area (TPSA) is 45.9 Å². The SMILES string of the molecule is COc1cc(N2CCCC2)ccc1-c1ncc(C)n2c(N(C3CC3)C3CC3)c(SC)nc12. The zero-order valence-corrected chi connectivity index (χ0v) is 20.0. The van der Waals surface area contributed by atoms with Crippen LogP contribution in [-0.4, -0.2) is 52.9 Å². The van der Waals surface area contributed by atoms with Crippen molar-refractivity contribution in [2.45, 2.75) is 62.6 Å². The Bertz CT molecular complexity index is 1150. The molecule has 1 saturated heterocycles.